The Kier molecular flexibility index (Phi) is 4.99. The van der Waals surface area contributed by atoms with Crippen LogP contribution >= 0.6 is 0 Å². The van der Waals surface area contributed by atoms with Crippen molar-refractivity contribution in [3.05, 3.63) is 29.8 Å². The molecule has 92 valence electrons. The van der Waals surface area contributed by atoms with E-state index in [9.17, 15) is 0 Å². The first-order valence-corrected chi connectivity index (χ1v) is 5.89. The molecule has 0 bridgehead atoms. The van der Waals surface area contributed by atoms with Crippen LogP contribution in [0.5, 0.6) is 5.75 Å². The number of ether oxygens (including phenoxy) is 1. The van der Waals surface area contributed by atoms with E-state index in [1.54, 1.807) is 12.1 Å². The fourth-order valence-corrected chi connectivity index (χ4v) is 1.38. The first-order valence-electron chi connectivity index (χ1n) is 5.89. The number of rotatable bonds is 5. The lowest BCUT2D eigenvalue weighted by Gasteiger charge is -2.20. The third-order valence-electron chi connectivity index (χ3n) is 2.21. The van der Waals surface area contributed by atoms with Crippen molar-refractivity contribution in [2.75, 3.05) is 13.2 Å². The summed E-state index contributed by atoms with van der Waals surface area (Å²) in [7, 11) is 0. The molecule has 0 fully saturated rings. The third kappa shape index (κ3) is 5.94. The highest BCUT2D eigenvalue weighted by Crippen LogP contribution is 2.12. The van der Waals surface area contributed by atoms with E-state index < -0.39 is 0 Å². The Labute approximate surface area is 103 Å². The molecule has 1 rings (SSSR count). The van der Waals surface area contributed by atoms with Crippen LogP contribution in [0.15, 0.2) is 24.3 Å². The van der Waals surface area contributed by atoms with Crippen molar-refractivity contribution in [3.8, 4) is 11.8 Å². The van der Waals surface area contributed by atoms with E-state index in [0.717, 1.165) is 18.7 Å². The van der Waals surface area contributed by atoms with E-state index >= 15 is 0 Å². The SMILES string of the molecule is CC(C)(C)NCCCOc1cccc(C#N)c1. The first-order chi connectivity index (χ1) is 8.01. The van der Waals surface area contributed by atoms with Gasteiger partial charge in [-0.25, -0.2) is 0 Å². The number of hydrogen-bond donors (Lipinski definition) is 1. The zero-order valence-electron chi connectivity index (χ0n) is 10.8. The van der Waals surface area contributed by atoms with Crippen molar-refractivity contribution in [1.29, 1.82) is 5.26 Å². The van der Waals surface area contributed by atoms with E-state index in [4.69, 9.17) is 10.00 Å². The van der Waals surface area contributed by atoms with Crippen LogP contribution in [0.1, 0.15) is 32.8 Å². The molecule has 0 spiro atoms. The summed E-state index contributed by atoms with van der Waals surface area (Å²) in [6, 6.07) is 9.34. The largest absolute Gasteiger partial charge is 0.494 e. The summed E-state index contributed by atoms with van der Waals surface area (Å²) in [5.41, 5.74) is 0.788. The zero-order valence-corrected chi connectivity index (χ0v) is 10.8. The molecule has 0 saturated heterocycles. The highest BCUT2D eigenvalue weighted by atomic mass is 16.5. The number of hydrogen-bond acceptors (Lipinski definition) is 3. The standard InChI is InChI=1S/C14H20N2O/c1-14(2,3)16-8-5-9-17-13-7-4-6-12(10-13)11-15/h4,6-7,10,16H,5,8-9H2,1-3H3. The molecule has 0 aliphatic carbocycles. The number of benzene rings is 1. The van der Waals surface area contributed by atoms with Gasteiger partial charge in [0.15, 0.2) is 0 Å². The second-order valence-electron chi connectivity index (χ2n) is 5.02. The number of nitriles is 1. The second-order valence-corrected chi connectivity index (χ2v) is 5.02. The van der Waals surface area contributed by atoms with E-state index in [2.05, 4.69) is 32.2 Å². The van der Waals surface area contributed by atoms with Crippen LogP contribution < -0.4 is 10.1 Å². The van der Waals surface area contributed by atoms with Crippen LogP contribution in [0.3, 0.4) is 0 Å². The van der Waals surface area contributed by atoms with E-state index in [1.165, 1.54) is 0 Å². The summed E-state index contributed by atoms with van der Waals surface area (Å²) in [5, 5.41) is 12.1. The van der Waals surface area contributed by atoms with Gasteiger partial charge in [0.25, 0.3) is 0 Å². The summed E-state index contributed by atoms with van der Waals surface area (Å²) < 4.78 is 5.57. The van der Waals surface area contributed by atoms with E-state index in [1.807, 2.05) is 12.1 Å². The highest BCUT2D eigenvalue weighted by Gasteiger charge is 2.07. The van der Waals surface area contributed by atoms with Crippen LogP contribution in [-0.4, -0.2) is 18.7 Å². The molecule has 0 radical (unpaired) electrons. The summed E-state index contributed by atoms with van der Waals surface area (Å²) in [6.07, 6.45) is 0.952. The van der Waals surface area contributed by atoms with Gasteiger partial charge in [0.1, 0.15) is 5.75 Å². The highest BCUT2D eigenvalue weighted by molar-refractivity contribution is 5.36. The molecule has 0 aromatic heterocycles. The minimum absolute atomic E-state index is 0.153. The van der Waals surface area contributed by atoms with Crippen molar-refractivity contribution >= 4 is 0 Å². The Morgan fingerprint density at radius 3 is 2.76 bits per heavy atom. The lowest BCUT2D eigenvalue weighted by molar-refractivity contribution is 0.298. The van der Waals surface area contributed by atoms with Gasteiger partial charge in [0, 0.05) is 5.54 Å². The molecule has 0 unspecified atom stereocenters. The van der Waals surface area contributed by atoms with Crippen LogP contribution in [-0.2, 0) is 0 Å². The Balaban J connectivity index is 2.25. The average Bonchev–Trinajstić information content (AvgIpc) is 2.27. The fourth-order valence-electron chi connectivity index (χ4n) is 1.38. The molecule has 1 aromatic carbocycles. The van der Waals surface area contributed by atoms with Gasteiger partial charge < -0.3 is 10.1 Å². The van der Waals surface area contributed by atoms with E-state index in [-0.39, 0.29) is 5.54 Å². The summed E-state index contributed by atoms with van der Waals surface area (Å²) in [6.45, 7) is 8.03. The Morgan fingerprint density at radius 2 is 2.12 bits per heavy atom. The maximum atomic E-state index is 8.75. The molecule has 3 heteroatoms. The smallest absolute Gasteiger partial charge is 0.120 e. The fraction of sp³-hybridized carbons (Fsp3) is 0.500. The quantitative estimate of drug-likeness (QED) is 0.794. The Hall–Kier alpha value is -1.53. The zero-order chi connectivity index (χ0) is 12.7. The summed E-state index contributed by atoms with van der Waals surface area (Å²) in [5.74, 6) is 0.764. The van der Waals surface area contributed by atoms with Crippen molar-refractivity contribution in [1.82, 2.24) is 5.32 Å². The average molecular weight is 232 g/mol. The molecule has 0 aliphatic heterocycles. The van der Waals surface area contributed by atoms with Crippen molar-refractivity contribution in [3.63, 3.8) is 0 Å². The molecular formula is C14H20N2O. The Bertz CT molecular complexity index is 388. The summed E-state index contributed by atoms with van der Waals surface area (Å²) in [4.78, 5) is 0. The molecule has 0 saturated carbocycles. The van der Waals surface area contributed by atoms with Crippen LogP contribution in [0.25, 0.3) is 0 Å². The first kappa shape index (κ1) is 13.5. The van der Waals surface area contributed by atoms with Gasteiger partial charge in [-0.05, 0) is 51.9 Å². The van der Waals surface area contributed by atoms with Crippen LogP contribution in [0, 0.1) is 11.3 Å². The van der Waals surface area contributed by atoms with Gasteiger partial charge in [-0.15, -0.1) is 0 Å². The lowest BCUT2D eigenvalue weighted by atomic mass is 10.1. The predicted octanol–water partition coefficient (Wildman–Crippen LogP) is 2.72. The molecule has 1 N–H and O–H groups in total. The lowest BCUT2D eigenvalue weighted by Crippen LogP contribution is -2.36. The second kappa shape index (κ2) is 6.27. The van der Waals surface area contributed by atoms with Crippen molar-refractivity contribution in [2.45, 2.75) is 32.7 Å². The van der Waals surface area contributed by atoms with Crippen LogP contribution in [0.2, 0.25) is 0 Å². The third-order valence-corrected chi connectivity index (χ3v) is 2.21. The molecule has 0 atom stereocenters. The molecule has 0 heterocycles. The molecule has 3 nitrogen and oxygen atoms in total. The van der Waals surface area contributed by atoms with Gasteiger partial charge in [0.2, 0.25) is 0 Å². The maximum absolute atomic E-state index is 8.75. The molecule has 0 aliphatic rings. The topological polar surface area (TPSA) is 45.0 Å². The summed E-state index contributed by atoms with van der Waals surface area (Å²) >= 11 is 0. The molecular weight excluding hydrogens is 212 g/mol. The normalized spacial score (nSPS) is 10.9. The van der Waals surface area contributed by atoms with Crippen LogP contribution in [0.4, 0.5) is 0 Å². The van der Waals surface area contributed by atoms with Gasteiger partial charge in [0.05, 0.1) is 18.2 Å². The van der Waals surface area contributed by atoms with Gasteiger partial charge >= 0.3 is 0 Å². The minimum Gasteiger partial charge on any atom is -0.494 e. The van der Waals surface area contributed by atoms with Crippen molar-refractivity contribution < 1.29 is 4.74 Å². The molecule has 0 amide bonds. The number of nitrogens with zero attached hydrogens (tertiary/aromatic N) is 1. The monoisotopic (exact) mass is 232 g/mol. The molecule has 1 aromatic rings. The molecule has 17 heavy (non-hydrogen) atoms. The van der Waals surface area contributed by atoms with Crippen molar-refractivity contribution in [2.24, 2.45) is 0 Å². The maximum Gasteiger partial charge on any atom is 0.120 e. The van der Waals surface area contributed by atoms with E-state index in [0.29, 0.717) is 12.2 Å². The number of nitrogens with one attached hydrogen (secondary N) is 1. The predicted molar refractivity (Wildman–Crippen MR) is 69.0 cm³/mol. The minimum atomic E-state index is 0.153. The van der Waals surface area contributed by atoms with Gasteiger partial charge in [-0.3, -0.25) is 0 Å². The Morgan fingerprint density at radius 1 is 1.35 bits per heavy atom. The van der Waals surface area contributed by atoms with Gasteiger partial charge in [-0.2, -0.15) is 5.26 Å². The van der Waals surface area contributed by atoms with Gasteiger partial charge in [-0.1, -0.05) is 6.07 Å².